The Bertz CT molecular complexity index is 388. The van der Waals surface area contributed by atoms with E-state index in [1.165, 1.54) is 11.3 Å². The molecule has 0 aromatic carbocycles. The topological polar surface area (TPSA) is 75.2 Å². The van der Waals surface area contributed by atoms with Gasteiger partial charge in [0.05, 0.1) is 0 Å². The van der Waals surface area contributed by atoms with E-state index in [4.69, 9.17) is 0 Å². The predicted molar refractivity (Wildman–Crippen MR) is 74.9 cm³/mol. The molecule has 6 nitrogen and oxygen atoms in total. The van der Waals surface area contributed by atoms with Crippen LogP contribution in [0.3, 0.4) is 0 Å². The molecule has 1 aromatic rings. The van der Waals surface area contributed by atoms with Crippen LogP contribution in [0.2, 0.25) is 0 Å². The second-order valence-corrected chi connectivity index (χ2v) is 5.01. The Hall–Kier alpha value is -1.50. The van der Waals surface area contributed by atoms with Gasteiger partial charge >= 0.3 is 0 Å². The average Bonchev–Trinajstić information content (AvgIpc) is 2.88. The molecule has 0 aliphatic rings. The zero-order chi connectivity index (χ0) is 14.1. The number of anilines is 1. The van der Waals surface area contributed by atoms with Gasteiger partial charge < -0.3 is 10.2 Å². The van der Waals surface area contributed by atoms with E-state index in [0.29, 0.717) is 5.13 Å². The molecule has 106 valence electrons. The summed E-state index contributed by atoms with van der Waals surface area (Å²) in [6.07, 6.45) is 2.29. The standard InChI is InChI=1S/C12H20N4O2S/c1-3-7-16(8-4-2)11(18)6-5-10(17)14-12-15-13-9-19-12/h9H,3-8H2,1-2H3,(H,14,15,17). The molecule has 0 spiro atoms. The molecule has 1 N–H and O–H groups in total. The summed E-state index contributed by atoms with van der Waals surface area (Å²) in [4.78, 5) is 25.4. The van der Waals surface area contributed by atoms with Crippen LogP contribution < -0.4 is 5.32 Å². The number of carbonyl (C=O) groups is 2. The number of rotatable bonds is 8. The van der Waals surface area contributed by atoms with Gasteiger partial charge in [-0.05, 0) is 12.8 Å². The molecular weight excluding hydrogens is 264 g/mol. The number of hydrogen-bond acceptors (Lipinski definition) is 5. The lowest BCUT2D eigenvalue weighted by molar-refractivity contribution is -0.132. The quantitative estimate of drug-likeness (QED) is 0.791. The second-order valence-electron chi connectivity index (χ2n) is 4.17. The fourth-order valence-corrected chi connectivity index (χ4v) is 2.15. The van der Waals surface area contributed by atoms with Crippen LogP contribution in [0.15, 0.2) is 5.51 Å². The predicted octanol–water partition coefficient (Wildman–Crippen LogP) is 1.91. The summed E-state index contributed by atoms with van der Waals surface area (Å²) in [6.45, 7) is 5.59. The summed E-state index contributed by atoms with van der Waals surface area (Å²) in [6, 6.07) is 0. The van der Waals surface area contributed by atoms with Crippen LogP contribution in [-0.4, -0.2) is 40.0 Å². The van der Waals surface area contributed by atoms with Gasteiger partial charge in [-0.3, -0.25) is 9.59 Å². The van der Waals surface area contributed by atoms with E-state index in [0.717, 1.165) is 25.9 Å². The van der Waals surface area contributed by atoms with Crippen molar-refractivity contribution in [2.45, 2.75) is 39.5 Å². The van der Waals surface area contributed by atoms with Crippen molar-refractivity contribution in [2.24, 2.45) is 0 Å². The minimum atomic E-state index is -0.196. The van der Waals surface area contributed by atoms with Crippen LogP contribution in [0.5, 0.6) is 0 Å². The van der Waals surface area contributed by atoms with E-state index in [-0.39, 0.29) is 24.7 Å². The van der Waals surface area contributed by atoms with E-state index in [1.807, 2.05) is 18.7 Å². The molecule has 0 unspecified atom stereocenters. The van der Waals surface area contributed by atoms with E-state index in [1.54, 1.807) is 5.51 Å². The highest BCUT2D eigenvalue weighted by Gasteiger charge is 2.14. The summed E-state index contributed by atoms with van der Waals surface area (Å²) in [5, 5.41) is 10.4. The van der Waals surface area contributed by atoms with E-state index < -0.39 is 0 Å². The van der Waals surface area contributed by atoms with E-state index >= 15 is 0 Å². The molecule has 19 heavy (non-hydrogen) atoms. The Labute approximate surface area is 117 Å². The van der Waals surface area contributed by atoms with Gasteiger partial charge in [0.15, 0.2) is 0 Å². The van der Waals surface area contributed by atoms with Gasteiger partial charge in [0.1, 0.15) is 5.51 Å². The van der Waals surface area contributed by atoms with Gasteiger partial charge in [-0.2, -0.15) is 0 Å². The van der Waals surface area contributed by atoms with Crippen molar-refractivity contribution in [3.8, 4) is 0 Å². The molecule has 0 fully saturated rings. The third-order valence-corrected chi connectivity index (χ3v) is 3.12. The molecular formula is C12H20N4O2S. The maximum absolute atomic E-state index is 12.0. The molecule has 1 aromatic heterocycles. The fraction of sp³-hybridized carbons (Fsp3) is 0.667. The monoisotopic (exact) mass is 284 g/mol. The molecule has 0 bridgehead atoms. The summed E-state index contributed by atoms with van der Waals surface area (Å²) in [7, 11) is 0. The number of nitrogens with zero attached hydrogens (tertiary/aromatic N) is 3. The highest BCUT2D eigenvalue weighted by molar-refractivity contribution is 7.13. The van der Waals surface area contributed by atoms with Crippen molar-refractivity contribution in [1.82, 2.24) is 15.1 Å². The van der Waals surface area contributed by atoms with Crippen LogP contribution in [0, 0.1) is 0 Å². The molecule has 1 heterocycles. The van der Waals surface area contributed by atoms with Gasteiger partial charge in [0.25, 0.3) is 0 Å². The van der Waals surface area contributed by atoms with Crippen LogP contribution in [0.1, 0.15) is 39.5 Å². The first kappa shape index (κ1) is 15.6. The van der Waals surface area contributed by atoms with Crippen molar-refractivity contribution in [3.63, 3.8) is 0 Å². The maximum atomic E-state index is 12.0. The minimum Gasteiger partial charge on any atom is -0.343 e. The number of amides is 2. The summed E-state index contributed by atoms with van der Waals surface area (Å²) >= 11 is 1.26. The third kappa shape index (κ3) is 5.78. The maximum Gasteiger partial charge on any atom is 0.226 e. The van der Waals surface area contributed by atoms with Crippen molar-refractivity contribution in [2.75, 3.05) is 18.4 Å². The Morgan fingerprint density at radius 1 is 1.26 bits per heavy atom. The van der Waals surface area contributed by atoms with Crippen LogP contribution in [0.25, 0.3) is 0 Å². The zero-order valence-electron chi connectivity index (χ0n) is 11.4. The third-order valence-electron chi connectivity index (χ3n) is 2.51. The molecule has 0 atom stereocenters. The molecule has 0 saturated heterocycles. The number of carbonyl (C=O) groups excluding carboxylic acids is 2. The molecule has 0 radical (unpaired) electrons. The highest BCUT2D eigenvalue weighted by atomic mass is 32.1. The normalized spacial score (nSPS) is 10.2. The van der Waals surface area contributed by atoms with E-state index in [9.17, 15) is 9.59 Å². The van der Waals surface area contributed by atoms with Crippen molar-refractivity contribution < 1.29 is 9.59 Å². The Kier molecular flexibility index (Phi) is 7.02. The average molecular weight is 284 g/mol. The molecule has 0 aliphatic carbocycles. The summed E-state index contributed by atoms with van der Waals surface area (Å²) in [5.41, 5.74) is 1.55. The Balaban J connectivity index is 2.33. The number of nitrogens with one attached hydrogen (secondary N) is 1. The molecule has 0 aliphatic heterocycles. The lowest BCUT2D eigenvalue weighted by Gasteiger charge is -2.21. The van der Waals surface area contributed by atoms with Gasteiger partial charge in [-0.1, -0.05) is 25.2 Å². The minimum absolute atomic E-state index is 0.0381. The summed E-state index contributed by atoms with van der Waals surface area (Å²) < 4.78 is 0. The number of aromatic nitrogens is 2. The van der Waals surface area contributed by atoms with Crippen molar-refractivity contribution in [3.05, 3.63) is 5.51 Å². The Morgan fingerprint density at radius 3 is 2.47 bits per heavy atom. The highest BCUT2D eigenvalue weighted by Crippen LogP contribution is 2.09. The van der Waals surface area contributed by atoms with Gasteiger partial charge in [0, 0.05) is 25.9 Å². The van der Waals surface area contributed by atoms with Crippen LogP contribution >= 0.6 is 11.3 Å². The first-order valence-corrected chi connectivity index (χ1v) is 7.39. The first-order valence-electron chi connectivity index (χ1n) is 6.51. The SMILES string of the molecule is CCCN(CCC)C(=O)CCC(=O)Nc1nncs1. The molecule has 2 amide bonds. The van der Waals surface area contributed by atoms with Gasteiger partial charge in [-0.15, -0.1) is 10.2 Å². The zero-order valence-corrected chi connectivity index (χ0v) is 12.2. The smallest absolute Gasteiger partial charge is 0.226 e. The second kappa shape index (κ2) is 8.58. The molecule has 0 saturated carbocycles. The van der Waals surface area contributed by atoms with Crippen LogP contribution in [-0.2, 0) is 9.59 Å². The summed E-state index contributed by atoms with van der Waals surface area (Å²) in [5.74, 6) is -0.158. The first-order chi connectivity index (χ1) is 9.17. The lowest BCUT2D eigenvalue weighted by atomic mass is 10.2. The van der Waals surface area contributed by atoms with Crippen LogP contribution in [0.4, 0.5) is 5.13 Å². The van der Waals surface area contributed by atoms with Gasteiger partial charge in [0.2, 0.25) is 16.9 Å². The van der Waals surface area contributed by atoms with E-state index in [2.05, 4.69) is 15.5 Å². The fourth-order valence-electron chi connectivity index (χ4n) is 1.69. The number of hydrogen-bond donors (Lipinski definition) is 1. The lowest BCUT2D eigenvalue weighted by Crippen LogP contribution is -2.33. The molecule has 1 rings (SSSR count). The largest absolute Gasteiger partial charge is 0.343 e. The molecule has 7 heteroatoms. The van der Waals surface area contributed by atoms with Gasteiger partial charge in [-0.25, -0.2) is 0 Å². The Morgan fingerprint density at radius 2 is 1.95 bits per heavy atom. The van der Waals surface area contributed by atoms with Crippen molar-refractivity contribution in [1.29, 1.82) is 0 Å². The van der Waals surface area contributed by atoms with Crippen molar-refractivity contribution >= 4 is 28.3 Å².